The lowest BCUT2D eigenvalue weighted by atomic mass is 10.1. The fourth-order valence-electron chi connectivity index (χ4n) is 3.88. The second-order valence-corrected chi connectivity index (χ2v) is 8.50. The number of para-hydroxylation sites is 1. The molecule has 0 aliphatic heterocycles. The highest BCUT2D eigenvalue weighted by Crippen LogP contribution is 2.19. The number of nitrogens with one attached hydrogen (secondary N) is 1. The van der Waals surface area contributed by atoms with E-state index >= 15 is 0 Å². The fraction of sp³-hybridized carbons (Fsp3) is 0.385. The van der Waals surface area contributed by atoms with E-state index < -0.39 is 0 Å². The van der Waals surface area contributed by atoms with E-state index in [1.807, 2.05) is 24.4 Å². The molecule has 3 aromatic rings. The van der Waals surface area contributed by atoms with Crippen molar-refractivity contribution >= 4 is 22.8 Å². The van der Waals surface area contributed by atoms with Gasteiger partial charge < -0.3 is 24.4 Å². The number of hydrogen-bond donors (Lipinski definition) is 1. The van der Waals surface area contributed by atoms with E-state index in [1.54, 1.807) is 43.1 Å². The van der Waals surface area contributed by atoms with Gasteiger partial charge in [-0.05, 0) is 42.2 Å². The standard InChI is InChI=1S/C26H33FN4O3/c1-29(2)26(33)31(14-6-16-34-3)19-25(32)30(18-20-9-11-22(27)12-10-20)15-13-21-17-28-24-8-5-4-7-23(21)24/h4-5,7-12,17,28H,6,13-16,18-19H2,1-3H3. The lowest BCUT2D eigenvalue weighted by Gasteiger charge is -2.29. The van der Waals surface area contributed by atoms with Crippen LogP contribution in [0.3, 0.4) is 0 Å². The number of hydrogen-bond acceptors (Lipinski definition) is 3. The Hall–Kier alpha value is -3.39. The van der Waals surface area contributed by atoms with Gasteiger partial charge in [-0.1, -0.05) is 30.3 Å². The lowest BCUT2D eigenvalue weighted by Crippen LogP contribution is -2.47. The highest BCUT2D eigenvalue weighted by Gasteiger charge is 2.23. The minimum Gasteiger partial charge on any atom is -0.385 e. The van der Waals surface area contributed by atoms with Crippen LogP contribution in [0.2, 0.25) is 0 Å². The Morgan fingerprint density at radius 2 is 1.74 bits per heavy atom. The van der Waals surface area contributed by atoms with Gasteiger partial charge in [0.05, 0.1) is 0 Å². The SMILES string of the molecule is COCCCN(CC(=O)N(CCc1c[nH]c2ccccc12)Cc1ccc(F)cc1)C(=O)N(C)C. The van der Waals surface area contributed by atoms with Gasteiger partial charge in [-0.2, -0.15) is 0 Å². The van der Waals surface area contributed by atoms with Gasteiger partial charge in [0.2, 0.25) is 5.91 Å². The largest absolute Gasteiger partial charge is 0.385 e. The fourth-order valence-corrected chi connectivity index (χ4v) is 3.88. The topological polar surface area (TPSA) is 68.9 Å². The maximum Gasteiger partial charge on any atom is 0.319 e. The van der Waals surface area contributed by atoms with Crippen LogP contribution in [0, 0.1) is 5.82 Å². The molecule has 0 aliphatic rings. The summed E-state index contributed by atoms with van der Waals surface area (Å²) in [7, 11) is 4.95. The number of benzene rings is 2. The molecule has 8 heteroatoms. The van der Waals surface area contributed by atoms with Crippen molar-refractivity contribution in [3.05, 3.63) is 71.7 Å². The molecule has 182 valence electrons. The Labute approximate surface area is 200 Å². The van der Waals surface area contributed by atoms with Crippen molar-refractivity contribution in [1.82, 2.24) is 19.7 Å². The first-order valence-corrected chi connectivity index (χ1v) is 11.4. The van der Waals surface area contributed by atoms with Crippen molar-refractivity contribution in [2.45, 2.75) is 19.4 Å². The number of rotatable bonds is 11. The lowest BCUT2D eigenvalue weighted by molar-refractivity contribution is -0.132. The second kappa shape index (κ2) is 12.2. The highest BCUT2D eigenvalue weighted by atomic mass is 19.1. The number of fused-ring (bicyclic) bond motifs is 1. The molecular formula is C26H33FN4O3. The average molecular weight is 469 g/mol. The summed E-state index contributed by atoms with van der Waals surface area (Å²) < 4.78 is 18.5. The third-order valence-electron chi connectivity index (χ3n) is 5.72. The number of aromatic amines is 1. The maximum absolute atomic E-state index is 13.4. The molecule has 0 atom stereocenters. The quantitative estimate of drug-likeness (QED) is 0.434. The summed E-state index contributed by atoms with van der Waals surface area (Å²) in [6.07, 6.45) is 3.26. The number of H-pyrrole nitrogens is 1. The molecule has 0 fully saturated rings. The Bertz CT molecular complexity index is 1080. The molecule has 1 N–H and O–H groups in total. The van der Waals surface area contributed by atoms with E-state index in [0.717, 1.165) is 22.0 Å². The summed E-state index contributed by atoms with van der Waals surface area (Å²) in [5, 5.41) is 1.13. The number of aromatic nitrogens is 1. The predicted octanol–water partition coefficient (Wildman–Crippen LogP) is 3.90. The van der Waals surface area contributed by atoms with Crippen molar-refractivity contribution in [1.29, 1.82) is 0 Å². The molecule has 1 heterocycles. The van der Waals surface area contributed by atoms with Crippen LogP contribution in [-0.4, -0.2) is 79.1 Å². The molecular weight excluding hydrogens is 435 g/mol. The van der Waals surface area contributed by atoms with Crippen molar-refractivity contribution in [3.8, 4) is 0 Å². The number of carbonyl (C=O) groups excluding carboxylic acids is 2. The first-order chi connectivity index (χ1) is 16.4. The number of halogens is 1. The normalized spacial score (nSPS) is 10.9. The number of ether oxygens (including phenoxy) is 1. The van der Waals surface area contributed by atoms with Crippen LogP contribution in [0.1, 0.15) is 17.5 Å². The van der Waals surface area contributed by atoms with Gasteiger partial charge in [0, 0.05) is 64.5 Å². The molecule has 34 heavy (non-hydrogen) atoms. The number of nitrogens with zero attached hydrogens (tertiary/aromatic N) is 3. The third kappa shape index (κ3) is 6.81. The highest BCUT2D eigenvalue weighted by molar-refractivity contribution is 5.85. The van der Waals surface area contributed by atoms with Gasteiger partial charge in [0.15, 0.2) is 0 Å². The molecule has 0 bridgehead atoms. The molecule has 3 rings (SSSR count). The van der Waals surface area contributed by atoms with Crippen LogP contribution < -0.4 is 0 Å². The average Bonchev–Trinajstić information content (AvgIpc) is 3.25. The van der Waals surface area contributed by atoms with Gasteiger partial charge in [-0.25, -0.2) is 9.18 Å². The summed E-state index contributed by atoms with van der Waals surface area (Å²) in [4.78, 5) is 34.1. The van der Waals surface area contributed by atoms with E-state index in [-0.39, 0.29) is 24.3 Å². The molecule has 0 spiro atoms. The summed E-state index contributed by atoms with van der Waals surface area (Å²) >= 11 is 0. The van der Waals surface area contributed by atoms with Gasteiger partial charge >= 0.3 is 6.03 Å². The van der Waals surface area contributed by atoms with E-state index in [4.69, 9.17) is 4.74 Å². The van der Waals surface area contributed by atoms with Gasteiger partial charge in [-0.3, -0.25) is 4.79 Å². The van der Waals surface area contributed by atoms with E-state index in [2.05, 4.69) is 11.1 Å². The number of carbonyl (C=O) groups is 2. The summed E-state index contributed by atoms with van der Waals surface area (Å²) in [5.41, 5.74) is 3.00. The molecule has 0 radical (unpaired) electrons. The Kier molecular flexibility index (Phi) is 9.04. The Morgan fingerprint density at radius 1 is 1.00 bits per heavy atom. The zero-order valence-corrected chi connectivity index (χ0v) is 20.1. The number of methoxy groups -OCH3 is 1. The van der Waals surface area contributed by atoms with Crippen molar-refractivity contribution in [2.24, 2.45) is 0 Å². The maximum atomic E-state index is 13.4. The van der Waals surface area contributed by atoms with Crippen LogP contribution in [0.25, 0.3) is 10.9 Å². The van der Waals surface area contributed by atoms with E-state index in [9.17, 15) is 14.0 Å². The predicted molar refractivity (Wildman–Crippen MR) is 131 cm³/mol. The Balaban J connectivity index is 1.76. The molecule has 1 aromatic heterocycles. The Morgan fingerprint density at radius 3 is 2.44 bits per heavy atom. The molecule has 0 unspecified atom stereocenters. The third-order valence-corrected chi connectivity index (χ3v) is 5.72. The van der Waals surface area contributed by atoms with E-state index in [0.29, 0.717) is 39.1 Å². The van der Waals surface area contributed by atoms with Crippen LogP contribution in [0.15, 0.2) is 54.7 Å². The smallest absolute Gasteiger partial charge is 0.319 e. The van der Waals surface area contributed by atoms with Crippen LogP contribution in [0.5, 0.6) is 0 Å². The van der Waals surface area contributed by atoms with Crippen LogP contribution in [0.4, 0.5) is 9.18 Å². The van der Waals surface area contributed by atoms with Crippen LogP contribution in [-0.2, 0) is 22.5 Å². The molecule has 2 aromatic carbocycles. The van der Waals surface area contributed by atoms with Crippen molar-refractivity contribution in [3.63, 3.8) is 0 Å². The van der Waals surface area contributed by atoms with Gasteiger partial charge in [0.1, 0.15) is 12.4 Å². The summed E-state index contributed by atoms with van der Waals surface area (Å²) in [6, 6.07) is 14.0. The first-order valence-electron chi connectivity index (χ1n) is 11.4. The molecule has 0 saturated carbocycles. The minimum absolute atomic E-state index is 0.0319. The molecule has 7 nitrogen and oxygen atoms in total. The zero-order valence-electron chi connectivity index (χ0n) is 20.1. The second-order valence-electron chi connectivity index (χ2n) is 8.50. The summed E-state index contributed by atoms with van der Waals surface area (Å²) in [5.74, 6) is -0.474. The summed E-state index contributed by atoms with van der Waals surface area (Å²) in [6.45, 7) is 1.70. The molecule has 3 amide bonds. The zero-order chi connectivity index (χ0) is 24.5. The molecule has 0 aliphatic carbocycles. The number of urea groups is 1. The monoisotopic (exact) mass is 468 g/mol. The van der Waals surface area contributed by atoms with Crippen LogP contribution >= 0.6 is 0 Å². The number of amides is 3. The molecule has 0 saturated heterocycles. The van der Waals surface area contributed by atoms with Crippen molar-refractivity contribution in [2.75, 3.05) is 47.4 Å². The first kappa shape index (κ1) is 25.2. The van der Waals surface area contributed by atoms with Gasteiger partial charge in [0.25, 0.3) is 0 Å². The minimum atomic E-state index is -0.318. The van der Waals surface area contributed by atoms with E-state index in [1.165, 1.54) is 17.0 Å². The van der Waals surface area contributed by atoms with Crippen molar-refractivity contribution < 1.29 is 18.7 Å². The van der Waals surface area contributed by atoms with Gasteiger partial charge in [-0.15, -0.1) is 0 Å².